The number of nitrogens with one attached hydrogen (secondary N) is 2. The maximum absolute atomic E-state index is 10.0. The summed E-state index contributed by atoms with van der Waals surface area (Å²) < 4.78 is 3.04. The molecule has 0 bridgehead atoms. The van der Waals surface area contributed by atoms with Crippen molar-refractivity contribution in [3.8, 4) is 5.75 Å². The molecule has 0 radical (unpaired) electrons. The van der Waals surface area contributed by atoms with Crippen molar-refractivity contribution in [3.05, 3.63) is 46.4 Å². The van der Waals surface area contributed by atoms with E-state index in [0.717, 1.165) is 10.6 Å². The van der Waals surface area contributed by atoms with Gasteiger partial charge in [-0.15, -0.1) is 0 Å². The summed E-state index contributed by atoms with van der Waals surface area (Å²) in [5.41, 5.74) is 1.30. The predicted molar refractivity (Wildman–Crippen MR) is 84.3 cm³/mol. The summed E-state index contributed by atoms with van der Waals surface area (Å²) >= 11 is 13.1. The van der Waals surface area contributed by atoms with Gasteiger partial charge in [0, 0.05) is 5.69 Å². The van der Waals surface area contributed by atoms with Gasteiger partial charge < -0.3 is 10.4 Å². The van der Waals surface area contributed by atoms with E-state index in [2.05, 4.69) is 15.0 Å². The Hall–Kier alpha value is -1.56. The lowest BCUT2D eigenvalue weighted by molar-refractivity contribution is 0.475. The van der Waals surface area contributed by atoms with E-state index in [0.29, 0.717) is 16.7 Å². The largest absolute Gasteiger partial charge is 0.504 e. The fourth-order valence-electron chi connectivity index (χ4n) is 1.72. The average Bonchev–Trinajstić information content (AvgIpc) is 2.47. The van der Waals surface area contributed by atoms with Gasteiger partial charge in [-0.25, -0.2) is 4.99 Å². The number of fused-ring (bicyclic) bond motifs is 1. The summed E-state index contributed by atoms with van der Waals surface area (Å²) in [6.07, 6.45) is 0. The SMILES string of the molecule is Oc1c(Cl)c(Cl)cc2c1N=C(Nc1ccccc1)NS2. The number of nitrogens with zero attached hydrogens (tertiary/aromatic N) is 1. The number of aromatic hydroxyl groups is 1. The number of para-hydroxylation sites is 1. The zero-order valence-electron chi connectivity index (χ0n) is 10.0. The van der Waals surface area contributed by atoms with Crippen LogP contribution in [0.4, 0.5) is 11.4 Å². The molecule has 2 aromatic carbocycles. The van der Waals surface area contributed by atoms with Crippen LogP contribution in [0.5, 0.6) is 5.75 Å². The lowest BCUT2D eigenvalue weighted by Crippen LogP contribution is -2.26. The topological polar surface area (TPSA) is 56.7 Å². The number of anilines is 1. The summed E-state index contributed by atoms with van der Waals surface area (Å²) in [5.74, 6) is 0.401. The van der Waals surface area contributed by atoms with Gasteiger partial charge in [0.1, 0.15) is 10.7 Å². The second kappa shape index (κ2) is 5.44. The molecular weight excluding hydrogens is 317 g/mol. The second-order valence-corrected chi connectivity index (χ2v) is 5.66. The highest BCUT2D eigenvalue weighted by molar-refractivity contribution is 7.98. The van der Waals surface area contributed by atoms with Crippen molar-refractivity contribution in [1.29, 1.82) is 0 Å². The van der Waals surface area contributed by atoms with Crippen molar-refractivity contribution >= 4 is 52.5 Å². The number of aliphatic imine (C=N–C) groups is 1. The lowest BCUT2D eigenvalue weighted by atomic mass is 10.3. The second-order valence-electron chi connectivity index (χ2n) is 4.02. The molecule has 7 heteroatoms. The van der Waals surface area contributed by atoms with Crippen molar-refractivity contribution in [2.45, 2.75) is 4.90 Å². The normalized spacial score (nSPS) is 13.2. The third-order valence-corrected chi connectivity index (χ3v) is 4.25. The fourth-order valence-corrected chi connectivity index (χ4v) is 2.84. The first kappa shape index (κ1) is 13.4. The van der Waals surface area contributed by atoms with Gasteiger partial charge in [0.15, 0.2) is 5.75 Å². The van der Waals surface area contributed by atoms with Crippen molar-refractivity contribution in [2.75, 3.05) is 5.32 Å². The minimum absolute atomic E-state index is 0.107. The molecule has 0 aliphatic carbocycles. The Labute approximate surface area is 130 Å². The zero-order chi connectivity index (χ0) is 14.1. The minimum atomic E-state index is -0.115. The smallest absolute Gasteiger partial charge is 0.211 e. The van der Waals surface area contributed by atoms with Gasteiger partial charge in [-0.05, 0) is 30.1 Å². The van der Waals surface area contributed by atoms with Crippen LogP contribution in [0.15, 0.2) is 46.3 Å². The van der Waals surface area contributed by atoms with Gasteiger partial charge >= 0.3 is 0 Å². The molecule has 4 nitrogen and oxygen atoms in total. The van der Waals surface area contributed by atoms with E-state index < -0.39 is 0 Å². The highest BCUT2D eigenvalue weighted by atomic mass is 35.5. The number of hydrogen-bond acceptors (Lipinski definition) is 5. The molecule has 0 fully saturated rings. The van der Waals surface area contributed by atoms with Crippen LogP contribution in [0.25, 0.3) is 0 Å². The van der Waals surface area contributed by atoms with E-state index in [-0.39, 0.29) is 10.8 Å². The van der Waals surface area contributed by atoms with Gasteiger partial charge in [0.2, 0.25) is 5.96 Å². The molecule has 3 N–H and O–H groups in total. The van der Waals surface area contributed by atoms with E-state index >= 15 is 0 Å². The van der Waals surface area contributed by atoms with Crippen LogP contribution in [0.1, 0.15) is 0 Å². The van der Waals surface area contributed by atoms with Gasteiger partial charge in [-0.3, -0.25) is 4.72 Å². The third kappa shape index (κ3) is 2.52. The average molecular weight is 326 g/mol. The number of hydrogen-bond donors (Lipinski definition) is 3. The quantitative estimate of drug-likeness (QED) is 0.680. The molecule has 0 spiro atoms. The Bertz CT molecular complexity index is 692. The fraction of sp³-hybridized carbons (Fsp3) is 0. The van der Waals surface area contributed by atoms with Crippen molar-refractivity contribution in [1.82, 2.24) is 4.72 Å². The predicted octanol–water partition coefficient (Wildman–Crippen LogP) is 4.41. The number of guanidine groups is 1. The third-order valence-electron chi connectivity index (χ3n) is 2.65. The first-order chi connectivity index (χ1) is 9.65. The molecule has 1 heterocycles. The van der Waals surface area contributed by atoms with Crippen molar-refractivity contribution < 1.29 is 5.11 Å². The van der Waals surface area contributed by atoms with Crippen LogP contribution >= 0.6 is 35.1 Å². The molecule has 0 saturated heterocycles. The van der Waals surface area contributed by atoms with E-state index in [1.165, 1.54) is 11.9 Å². The molecule has 20 heavy (non-hydrogen) atoms. The number of rotatable bonds is 1. The van der Waals surface area contributed by atoms with Crippen molar-refractivity contribution in [3.63, 3.8) is 0 Å². The molecular formula is C13H9Cl2N3OS. The van der Waals surface area contributed by atoms with Crippen LogP contribution < -0.4 is 10.0 Å². The Balaban J connectivity index is 1.96. The molecule has 102 valence electrons. The summed E-state index contributed by atoms with van der Waals surface area (Å²) in [5, 5.41) is 13.5. The minimum Gasteiger partial charge on any atom is -0.504 e. The highest BCUT2D eigenvalue weighted by Crippen LogP contribution is 2.46. The molecule has 0 saturated carbocycles. The van der Waals surface area contributed by atoms with Crippen LogP contribution in [-0.4, -0.2) is 11.1 Å². The Morgan fingerprint density at radius 3 is 2.70 bits per heavy atom. The monoisotopic (exact) mass is 325 g/mol. The van der Waals surface area contributed by atoms with E-state index in [4.69, 9.17) is 23.2 Å². The summed E-state index contributed by atoms with van der Waals surface area (Å²) in [6.45, 7) is 0. The van der Waals surface area contributed by atoms with E-state index in [9.17, 15) is 5.11 Å². The zero-order valence-corrected chi connectivity index (χ0v) is 12.4. The Morgan fingerprint density at radius 1 is 1.20 bits per heavy atom. The van der Waals surface area contributed by atoms with Crippen LogP contribution in [0, 0.1) is 0 Å². The Morgan fingerprint density at radius 2 is 1.95 bits per heavy atom. The number of benzene rings is 2. The summed E-state index contributed by atoms with van der Waals surface area (Å²) in [4.78, 5) is 5.04. The molecule has 0 atom stereocenters. The maximum atomic E-state index is 10.0. The number of phenolic OH excluding ortho intramolecular Hbond substituents is 1. The molecule has 0 unspecified atom stereocenters. The first-order valence-electron chi connectivity index (χ1n) is 5.70. The maximum Gasteiger partial charge on any atom is 0.211 e. The molecule has 1 aliphatic heterocycles. The summed E-state index contributed by atoms with van der Waals surface area (Å²) in [6, 6.07) is 11.3. The van der Waals surface area contributed by atoms with Crippen LogP contribution in [0.2, 0.25) is 10.0 Å². The van der Waals surface area contributed by atoms with Crippen LogP contribution in [0.3, 0.4) is 0 Å². The van der Waals surface area contributed by atoms with Gasteiger partial charge in [0.05, 0.1) is 9.92 Å². The van der Waals surface area contributed by atoms with Crippen LogP contribution in [-0.2, 0) is 0 Å². The summed E-state index contributed by atoms with van der Waals surface area (Å²) in [7, 11) is 0. The highest BCUT2D eigenvalue weighted by Gasteiger charge is 2.20. The van der Waals surface area contributed by atoms with E-state index in [1.807, 2.05) is 30.3 Å². The molecule has 0 amide bonds. The standard InChI is InChI=1S/C13H9Cl2N3OS/c14-8-6-9-11(12(19)10(8)15)17-13(18-20-9)16-7-4-2-1-3-5-7/h1-6,19H,(H2,16,17,18). The van der Waals surface area contributed by atoms with Gasteiger partial charge in [-0.1, -0.05) is 41.4 Å². The molecule has 3 rings (SSSR count). The van der Waals surface area contributed by atoms with Gasteiger partial charge in [0.25, 0.3) is 0 Å². The van der Waals surface area contributed by atoms with Crippen molar-refractivity contribution in [2.24, 2.45) is 4.99 Å². The molecule has 1 aliphatic rings. The lowest BCUT2D eigenvalue weighted by Gasteiger charge is -2.19. The number of phenols is 1. The van der Waals surface area contributed by atoms with Gasteiger partial charge in [-0.2, -0.15) is 0 Å². The Kier molecular flexibility index (Phi) is 3.65. The first-order valence-corrected chi connectivity index (χ1v) is 7.27. The van der Waals surface area contributed by atoms with E-state index in [1.54, 1.807) is 6.07 Å². The molecule has 0 aromatic heterocycles. The molecule has 2 aromatic rings. The number of halogens is 2.